The molecule has 0 saturated heterocycles. The molecular weight excluding hydrogens is 738 g/mol. The van der Waals surface area contributed by atoms with Gasteiger partial charge in [0, 0.05) is 60.2 Å². The van der Waals surface area contributed by atoms with Gasteiger partial charge in [0.1, 0.15) is 29.6 Å². The maximum Gasteiger partial charge on any atom is 0.290 e. The summed E-state index contributed by atoms with van der Waals surface area (Å²) in [4.78, 5) is 39.4. The number of rotatable bonds is 8. The lowest BCUT2D eigenvalue weighted by atomic mass is 9.89. The molecule has 2 aliphatic rings. The van der Waals surface area contributed by atoms with Crippen molar-refractivity contribution in [2.45, 2.75) is 63.6 Å². The van der Waals surface area contributed by atoms with Gasteiger partial charge in [-0.25, -0.2) is 36.3 Å². The maximum atomic E-state index is 15.1. The molecule has 3 aromatic heterocycles. The van der Waals surface area contributed by atoms with Gasteiger partial charge < -0.3 is 10.6 Å². The zero-order valence-corrected chi connectivity index (χ0v) is 28.5. The van der Waals surface area contributed by atoms with Gasteiger partial charge in [-0.1, -0.05) is 18.1 Å². The molecule has 2 amide bonds. The molecule has 0 bridgehead atoms. The lowest BCUT2D eigenvalue weighted by molar-refractivity contribution is -0.123. The predicted molar refractivity (Wildman–Crippen MR) is 179 cm³/mol. The number of aromatic nitrogens is 5. The number of nitrogens with zero attached hydrogens (tertiary/aromatic N) is 5. The van der Waals surface area contributed by atoms with E-state index < -0.39 is 78.2 Å². The Labute approximate surface area is 307 Å². The van der Waals surface area contributed by atoms with E-state index in [0.717, 1.165) is 12.1 Å². The molecule has 0 saturated carbocycles. The molecule has 2 N–H and O–H groups in total. The normalized spacial score (nSPS) is 15.8. The van der Waals surface area contributed by atoms with Crippen molar-refractivity contribution in [2.24, 2.45) is 0 Å². The topological polar surface area (TPSA) is 115 Å². The summed E-state index contributed by atoms with van der Waals surface area (Å²) in [5.74, 6) is -5.92. The Bertz CT molecular complexity index is 2400. The molecule has 7 rings (SSSR count). The third-order valence-corrected chi connectivity index (χ3v) is 9.11. The number of carbonyl (C=O) groups is 2. The van der Waals surface area contributed by atoms with E-state index in [1.165, 1.54) is 6.20 Å². The molecule has 0 fully saturated rings. The van der Waals surface area contributed by atoms with Crippen LogP contribution in [0.5, 0.6) is 0 Å². The van der Waals surface area contributed by atoms with E-state index >= 15 is 8.78 Å². The van der Waals surface area contributed by atoms with E-state index in [4.69, 9.17) is 0 Å². The molecule has 0 unspecified atom stereocenters. The van der Waals surface area contributed by atoms with Crippen molar-refractivity contribution < 1.29 is 44.7 Å². The first-order valence-electron chi connectivity index (χ1n) is 16.7. The summed E-state index contributed by atoms with van der Waals surface area (Å²) in [7, 11) is 0. The molecule has 4 heterocycles. The maximum absolute atomic E-state index is 15.1. The minimum Gasteiger partial charge on any atom is -0.348 e. The van der Waals surface area contributed by atoms with Crippen LogP contribution in [0.2, 0.25) is 0 Å². The van der Waals surface area contributed by atoms with Gasteiger partial charge in [0.05, 0.1) is 17.3 Å². The van der Waals surface area contributed by atoms with Crippen molar-refractivity contribution in [3.63, 3.8) is 0 Å². The Morgan fingerprint density at radius 2 is 1.69 bits per heavy atom. The highest BCUT2D eigenvalue weighted by Gasteiger charge is 2.55. The lowest BCUT2D eigenvalue weighted by Gasteiger charge is -2.29. The van der Waals surface area contributed by atoms with Crippen LogP contribution in [0.1, 0.15) is 86.5 Å². The second kappa shape index (κ2) is 14.2. The minimum absolute atomic E-state index is 0.00298. The van der Waals surface area contributed by atoms with Crippen LogP contribution >= 0.6 is 0 Å². The molecule has 0 radical (unpaired) electrons. The van der Waals surface area contributed by atoms with Crippen LogP contribution in [0.25, 0.3) is 11.1 Å². The number of benzene rings is 2. The fourth-order valence-electron chi connectivity index (χ4n) is 6.67. The number of nitrogens with one attached hydrogen (secondary N) is 2. The summed E-state index contributed by atoms with van der Waals surface area (Å²) in [5, 5.41) is 8.60. The Morgan fingerprint density at radius 1 is 0.945 bits per heavy atom. The fraction of sp³-hybridized carbons (Fsp3) is 0.263. The van der Waals surface area contributed by atoms with Gasteiger partial charge in [0.15, 0.2) is 0 Å². The predicted octanol–water partition coefficient (Wildman–Crippen LogP) is 6.98. The first-order chi connectivity index (χ1) is 26.1. The van der Waals surface area contributed by atoms with Crippen molar-refractivity contribution in [1.29, 1.82) is 0 Å². The number of fused-ring (bicyclic) bond motifs is 2. The molecule has 1 aliphatic heterocycles. The average Bonchev–Trinajstić information content (AvgIpc) is 3.70. The SMILES string of the molecule is Cc1cc(C#Cc2ncc(-c3ccc4c(c3)C(=O)NC4)c([C@H](Cc3cc(F)cc(F)c3)NC(=O)Cn3nc(C(F)F)c4c3C(F)(F)CCC4(F)F)n2)ccn1. The van der Waals surface area contributed by atoms with Crippen LogP contribution in [-0.2, 0) is 36.1 Å². The highest BCUT2D eigenvalue weighted by Crippen LogP contribution is 2.52. The average molecular weight is 766 g/mol. The van der Waals surface area contributed by atoms with Crippen LogP contribution in [-0.4, -0.2) is 36.5 Å². The first kappa shape index (κ1) is 37.1. The number of aryl methyl sites for hydroxylation is 1. The monoisotopic (exact) mass is 765 g/mol. The van der Waals surface area contributed by atoms with Gasteiger partial charge >= 0.3 is 0 Å². The van der Waals surface area contributed by atoms with Crippen LogP contribution in [0.4, 0.5) is 35.1 Å². The van der Waals surface area contributed by atoms with Crippen LogP contribution in [0.3, 0.4) is 0 Å². The van der Waals surface area contributed by atoms with Crippen molar-refractivity contribution in [3.05, 3.63) is 129 Å². The van der Waals surface area contributed by atoms with E-state index in [1.807, 2.05) is 0 Å². The molecule has 0 spiro atoms. The van der Waals surface area contributed by atoms with Gasteiger partial charge in [0.2, 0.25) is 11.7 Å². The third-order valence-electron chi connectivity index (χ3n) is 9.11. The summed E-state index contributed by atoms with van der Waals surface area (Å²) >= 11 is 0. The molecule has 282 valence electrons. The molecule has 55 heavy (non-hydrogen) atoms. The van der Waals surface area contributed by atoms with Gasteiger partial charge in [-0.05, 0) is 66.3 Å². The Hall–Kier alpha value is -6.18. The van der Waals surface area contributed by atoms with Crippen molar-refractivity contribution in [2.75, 3.05) is 0 Å². The minimum atomic E-state index is -4.07. The van der Waals surface area contributed by atoms with Crippen molar-refractivity contribution >= 4 is 11.8 Å². The zero-order chi connectivity index (χ0) is 39.2. The van der Waals surface area contributed by atoms with Gasteiger partial charge in [-0.3, -0.25) is 19.3 Å². The van der Waals surface area contributed by atoms with E-state index in [1.54, 1.807) is 43.5 Å². The van der Waals surface area contributed by atoms with Gasteiger partial charge in [-0.2, -0.15) is 13.9 Å². The largest absolute Gasteiger partial charge is 0.348 e. The van der Waals surface area contributed by atoms with Crippen molar-refractivity contribution in [3.8, 4) is 23.0 Å². The Balaban J connectivity index is 1.34. The smallest absolute Gasteiger partial charge is 0.290 e. The molecule has 5 aromatic rings. The van der Waals surface area contributed by atoms with Crippen molar-refractivity contribution in [1.82, 2.24) is 35.4 Å². The quantitative estimate of drug-likeness (QED) is 0.130. The summed E-state index contributed by atoms with van der Waals surface area (Å²) < 4.78 is 117. The van der Waals surface area contributed by atoms with E-state index in [-0.39, 0.29) is 46.2 Å². The Morgan fingerprint density at radius 3 is 2.42 bits per heavy atom. The summed E-state index contributed by atoms with van der Waals surface area (Å²) in [6, 6.07) is 9.43. The summed E-state index contributed by atoms with van der Waals surface area (Å²) in [5.41, 5.74) is -1.87. The van der Waals surface area contributed by atoms with Gasteiger partial charge in [0.25, 0.3) is 24.2 Å². The molecule has 1 atom stereocenters. The third kappa shape index (κ3) is 7.62. The number of hydrogen-bond donors (Lipinski definition) is 2. The second-order valence-corrected chi connectivity index (χ2v) is 13.1. The highest BCUT2D eigenvalue weighted by atomic mass is 19.3. The summed E-state index contributed by atoms with van der Waals surface area (Å²) in [6.07, 6.45) is -3.96. The molecule has 9 nitrogen and oxygen atoms in total. The number of carbonyl (C=O) groups excluding carboxylic acids is 2. The van der Waals surface area contributed by atoms with Crippen LogP contribution in [0.15, 0.2) is 60.9 Å². The van der Waals surface area contributed by atoms with Gasteiger partial charge in [-0.15, -0.1) is 0 Å². The molecule has 17 heteroatoms. The Kier molecular flexibility index (Phi) is 9.61. The highest BCUT2D eigenvalue weighted by molar-refractivity contribution is 5.99. The first-order valence-corrected chi connectivity index (χ1v) is 16.7. The molecule has 1 aliphatic carbocycles. The second-order valence-electron chi connectivity index (χ2n) is 13.1. The zero-order valence-electron chi connectivity index (χ0n) is 28.5. The fourth-order valence-corrected chi connectivity index (χ4v) is 6.67. The van der Waals surface area contributed by atoms with E-state index in [9.17, 15) is 35.9 Å². The van der Waals surface area contributed by atoms with Crippen LogP contribution in [0, 0.1) is 30.4 Å². The summed E-state index contributed by atoms with van der Waals surface area (Å²) in [6.45, 7) is 0.816. The molecular formula is C38H27F8N7O2. The lowest BCUT2D eigenvalue weighted by Crippen LogP contribution is -2.37. The van der Waals surface area contributed by atoms with E-state index in [0.29, 0.717) is 34.0 Å². The van der Waals surface area contributed by atoms with Crippen LogP contribution < -0.4 is 10.6 Å². The number of amides is 2. The number of alkyl halides is 6. The molecule has 2 aromatic carbocycles. The number of hydrogen-bond acceptors (Lipinski definition) is 6. The number of pyridine rings is 1. The standard InChI is InChI=1S/C38H27F8N7O2/c1-19-10-20(6-9-47-19)2-5-29-48-17-27(22-3-4-23-16-49-36(55)26(23)14-22)32(51-29)28(13-21-11-24(39)15-25(40)12-21)50-30(54)18-53-34-31(33(52-53)35(41)42)37(43,44)7-8-38(34,45)46/h3-4,6,9-12,14-15,17,28,35H,7-8,13,16,18H2,1H3,(H,49,55)(H,50,54)/t28-/m0/s1. The van der Waals surface area contributed by atoms with E-state index in [2.05, 4.69) is 42.5 Å². The number of halogens is 8.